The summed E-state index contributed by atoms with van der Waals surface area (Å²) in [4.78, 5) is 22.2. The minimum absolute atomic E-state index is 0.0122. The molecule has 2 atom stereocenters. The zero-order chi connectivity index (χ0) is 61.9. The Kier molecular flexibility index (Phi) is 12.2. The molecule has 0 aliphatic heterocycles. The summed E-state index contributed by atoms with van der Waals surface area (Å²) in [6.45, 7) is 0. The molecule has 94 heavy (non-hydrogen) atoms. The van der Waals surface area contributed by atoms with Crippen molar-refractivity contribution in [1.29, 1.82) is 0 Å². The zero-order valence-electron chi connectivity index (χ0n) is 51.3. The lowest BCUT2D eigenvalue weighted by molar-refractivity contribution is 0.755. The summed E-state index contributed by atoms with van der Waals surface area (Å²) in [7, 11) is 0. The summed E-state index contributed by atoms with van der Waals surface area (Å²) in [5.41, 5.74) is 31.1. The number of rotatable bonds is 10. The molecule has 0 N–H and O–H groups in total. The monoisotopic (exact) mass is 1190 g/mol. The van der Waals surface area contributed by atoms with Crippen LogP contribution in [0.15, 0.2) is 340 Å². The van der Waals surface area contributed by atoms with Crippen LogP contribution < -0.4 is 0 Å². The Morgan fingerprint density at radius 1 is 0.202 bits per heavy atom. The highest BCUT2D eigenvalue weighted by atomic mass is 14.9. The molecule has 5 aliphatic rings. The van der Waals surface area contributed by atoms with E-state index >= 15 is 0 Å². The first kappa shape index (κ1) is 53.8. The maximum atomic E-state index is 5.59. The molecule has 0 saturated heterocycles. The molecule has 0 radical (unpaired) electrons. The highest BCUT2D eigenvalue weighted by Gasteiger charge is 2.50. The number of benzene rings is 13. The van der Waals surface area contributed by atoms with E-state index < -0.39 is 10.8 Å². The molecule has 438 valence electrons. The van der Waals surface area contributed by atoms with Crippen molar-refractivity contribution in [2.24, 2.45) is 0 Å². The summed E-state index contributed by atoms with van der Waals surface area (Å²) in [6.07, 6.45) is 0. The third kappa shape index (κ3) is 7.93. The molecule has 4 heteroatoms. The van der Waals surface area contributed by atoms with Gasteiger partial charge in [0.15, 0.2) is 11.6 Å². The molecule has 2 unspecified atom stereocenters. The first-order valence-electron chi connectivity index (χ1n) is 32.6. The van der Waals surface area contributed by atoms with Gasteiger partial charge in [-0.2, -0.15) is 0 Å². The van der Waals surface area contributed by atoms with Gasteiger partial charge >= 0.3 is 0 Å². The largest absolute Gasteiger partial charge is 0.228 e. The maximum absolute atomic E-state index is 5.59. The molecule has 2 aromatic heterocycles. The average Bonchev–Trinajstić information content (AvgIpc) is 1.05. The lowest BCUT2D eigenvalue weighted by Gasteiger charge is -2.42. The molecule has 13 aromatic carbocycles. The van der Waals surface area contributed by atoms with E-state index in [1.54, 1.807) is 0 Å². The van der Waals surface area contributed by atoms with E-state index in [0.29, 0.717) is 11.6 Å². The van der Waals surface area contributed by atoms with Crippen molar-refractivity contribution in [2.75, 3.05) is 0 Å². The van der Waals surface area contributed by atoms with E-state index in [1.165, 1.54) is 100 Å². The predicted octanol–water partition coefficient (Wildman–Crippen LogP) is 21.0. The topological polar surface area (TPSA) is 51.6 Å². The van der Waals surface area contributed by atoms with Crippen molar-refractivity contribution < 1.29 is 0 Å². The standard InChI is InChI=1S/C90H58N4/c1-7-27-57(28-8-1)87-91-79(55-81(93-87)73-45-25-43-71-65-39-21-23-47-77(65)89(85(71)73,61-31-11-3-12-32-61)62-33-13-4-14-34-62)59-49-51-69-75(53-59)83-67-41-19-20-42-68(67)84(69)76-54-60(50-52-70(76)83)80-56-82(94-88(92-80)58-29-9-2-10-30-58)74-46-26-44-72-66-40-22-24-48-78(66)90(86(72)74,63-35-15-5-16-36-63)64-37-17-6-18-38-64/h1-56,83-84H. The molecule has 4 nitrogen and oxygen atoms in total. The lowest BCUT2D eigenvalue weighted by atomic mass is 9.60. The number of fused-ring (bicyclic) bond motifs is 6. The Labute approximate surface area is 547 Å². The Bertz CT molecular complexity index is 5070. The number of aromatic nitrogens is 4. The molecule has 5 aliphatic carbocycles. The van der Waals surface area contributed by atoms with Crippen molar-refractivity contribution in [3.05, 3.63) is 418 Å². The maximum Gasteiger partial charge on any atom is 0.160 e. The summed E-state index contributed by atoms with van der Waals surface area (Å²) in [5.74, 6) is 1.35. The van der Waals surface area contributed by atoms with Gasteiger partial charge in [0.2, 0.25) is 0 Å². The normalized spacial score (nSPS) is 15.2. The first-order valence-corrected chi connectivity index (χ1v) is 32.6. The van der Waals surface area contributed by atoms with Crippen LogP contribution in [0.1, 0.15) is 89.7 Å². The fourth-order valence-corrected chi connectivity index (χ4v) is 16.9. The van der Waals surface area contributed by atoms with Crippen LogP contribution in [-0.4, -0.2) is 19.9 Å². The Hall–Kier alpha value is -12.0. The van der Waals surface area contributed by atoms with Gasteiger partial charge in [0.25, 0.3) is 0 Å². The lowest BCUT2D eigenvalue weighted by Crippen LogP contribution is -2.29. The van der Waals surface area contributed by atoms with Gasteiger partial charge in [-0.3, -0.25) is 0 Å². The summed E-state index contributed by atoms with van der Waals surface area (Å²) < 4.78 is 0. The highest BCUT2D eigenvalue weighted by Crippen LogP contribution is 2.62. The van der Waals surface area contributed by atoms with Crippen LogP contribution in [0.4, 0.5) is 0 Å². The summed E-state index contributed by atoms with van der Waals surface area (Å²) in [5, 5.41) is 0. The molecule has 0 fully saturated rings. The molecule has 0 saturated carbocycles. The van der Waals surface area contributed by atoms with Gasteiger partial charge in [0.05, 0.1) is 33.6 Å². The molecular formula is C90H58N4. The second kappa shape index (κ2) is 21.3. The second-order valence-electron chi connectivity index (χ2n) is 25.3. The number of hydrogen-bond donors (Lipinski definition) is 0. The van der Waals surface area contributed by atoms with E-state index in [2.05, 4.69) is 340 Å². The van der Waals surface area contributed by atoms with Crippen LogP contribution in [0.2, 0.25) is 0 Å². The molecule has 2 heterocycles. The van der Waals surface area contributed by atoms with E-state index in [9.17, 15) is 0 Å². The number of nitrogens with zero attached hydrogens (tertiary/aromatic N) is 4. The Balaban J connectivity index is 0.768. The van der Waals surface area contributed by atoms with Gasteiger partial charge in [-0.05, 0) is 124 Å². The van der Waals surface area contributed by atoms with E-state index in [4.69, 9.17) is 19.9 Å². The minimum atomic E-state index is -0.623. The van der Waals surface area contributed by atoms with E-state index in [1.807, 2.05) is 0 Å². The Morgan fingerprint density at radius 3 is 0.883 bits per heavy atom. The van der Waals surface area contributed by atoms with Gasteiger partial charge in [-0.15, -0.1) is 0 Å². The van der Waals surface area contributed by atoms with Crippen molar-refractivity contribution >= 4 is 0 Å². The van der Waals surface area contributed by atoms with E-state index in [0.717, 1.165) is 56.2 Å². The Morgan fingerprint density at radius 2 is 0.500 bits per heavy atom. The first-order chi connectivity index (χ1) is 46.6. The van der Waals surface area contributed by atoms with Crippen LogP contribution >= 0.6 is 0 Å². The SMILES string of the molecule is c1ccc(-c2nc(-c3ccc4c(c3)C3c5ccccc5C4c4cc(-c5cc(-c6cccc7c6C(c6ccccc6)(c6ccccc6)c6ccccc6-7)nc(-c6ccccc6)n5)ccc43)cc(-c3cccc4c3C(c3ccccc3)(c3ccccc3)c3ccccc3-4)n2)cc1. The van der Waals surface area contributed by atoms with Crippen LogP contribution in [0.25, 0.3) is 90.1 Å². The quantitative estimate of drug-likeness (QED) is 0.137. The second-order valence-corrected chi connectivity index (χ2v) is 25.3. The third-order valence-corrected chi connectivity index (χ3v) is 20.6. The summed E-state index contributed by atoms with van der Waals surface area (Å²) >= 11 is 0. The van der Waals surface area contributed by atoms with Crippen LogP contribution in [0.5, 0.6) is 0 Å². The van der Waals surface area contributed by atoms with Gasteiger partial charge in [0.1, 0.15) is 0 Å². The predicted molar refractivity (Wildman–Crippen MR) is 380 cm³/mol. The fourth-order valence-electron chi connectivity index (χ4n) is 16.9. The zero-order valence-corrected chi connectivity index (χ0v) is 51.3. The fraction of sp³-hybridized carbons (Fsp3) is 0.0444. The van der Waals surface area contributed by atoms with Crippen molar-refractivity contribution in [3.8, 4) is 90.1 Å². The average molecular weight is 1200 g/mol. The van der Waals surface area contributed by atoms with Gasteiger partial charge < -0.3 is 0 Å². The highest BCUT2D eigenvalue weighted by molar-refractivity contribution is 5.95. The van der Waals surface area contributed by atoms with E-state index in [-0.39, 0.29) is 11.8 Å². The smallest absolute Gasteiger partial charge is 0.160 e. The van der Waals surface area contributed by atoms with Crippen LogP contribution in [0, 0.1) is 0 Å². The van der Waals surface area contributed by atoms with Gasteiger partial charge in [-0.25, -0.2) is 19.9 Å². The number of hydrogen-bond acceptors (Lipinski definition) is 4. The third-order valence-electron chi connectivity index (χ3n) is 20.6. The molecule has 2 bridgehead atoms. The van der Waals surface area contributed by atoms with Gasteiger partial charge in [0, 0.05) is 45.2 Å². The molecule has 0 amide bonds. The van der Waals surface area contributed by atoms with Crippen molar-refractivity contribution in [2.45, 2.75) is 22.7 Å². The molecular weight excluding hydrogens is 1140 g/mol. The van der Waals surface area contributed by atoms with Crippen molar-refractivity contribution in [3.63, 3.8) is 0 Å². The molecule has 20 rings (SSSR count). The van der Waals surface area contributed by atoms with Crippen LogP contribution in [-0.2, 0) is 10.8 Å². The summed E-state index contributed by atoms with van der Waals surface area (Å²) in [6, 6.07) is 124. The van der Waals surface area contributed by atoms with Gasteiger partial charge in [-0.1, -0.05) is 315 Å². The van der Waals surface area contributed by atoms with Crippen molar-refractivity contribution in [1.82, 2.24) is 19.9 Å². The molecule has 15 aromatic rings. The molecule has 0 spiro atoms. The van der Waals surface area contributed by atoms with Crippen LogP contribution in [0.3, 0.4) is 0 Å². The minimum Gasteiger partial charge on any atom is -0.228 e.